The Morgan fingerprint density at radius 3 is 2.94 bits per heavy atom. The second-order valence-corrected chi connectivity index (χ2v) is 5.18. The van der Waals surface area contributed by atoms with Crippen LogP contribution in [0.3, 0.4) is 0 Å². The summed E-state index contributed by atoms with van der Waals surface area (Å²) < 4.78 is 1.89. The van der Waals surface area contributed by atoms with Crippen LogP contribution in [0.5, 0.6) is 0 Å². The Morgan fingerprint density at radius 2 is 2.35 bits per heavy atom. The van der Waals surface area contributed by atoms with Crippen molar-refractivity contribution in [2.75, 3.05) is 0 Å². The Hall–Kier alpha value is -1.24. The second kappa shape index (κ2) is 5.39. The first-order chi connectivity index (χ1) is 8.24. The fourth-order valence-corrected chi connectivity index (χ4v) is 2.71. The third-order valence-electron chi connectivity index (χ3n) is 2.69. The van der Waals surface area contributed by atoms with Gasteiger partial charge in [-0.05, 0) is 26.0 Å². The quantitative estimate of drug-likeness (QED) is 0.623. The van der Waals surface area contributed by atoms with Crippen LogP contribution in [0.25, 0.3) is 0 Å². The van der Waals surface area contributed by atoms with E-state index in [9.17, 15) is 0 Å². The molecule has 0 saturated carbocycles. The highest BCUT2D eigenvalue weighted by Crippen LogP contribution is 2.24. The molecule has 2 aromatic heterocycles. The van der Waals surface area contributed by atoms with Crippen molar-refractivity contribution in [1.82, 2.24) is 20.2 Å². The van der Waals surface area contributed by atoms with Crippen LogP contribution in [0.4, 0.5) is 0 Å². The van der Waals surface area contributed by atoms with Crippen molar-refractivity contribution in [3.8, 4) is 0 Å². The zero-order valence-electron chi connectivity index (χ0n) is 10.1. The highest BCUT2D eigenvalue weighted by atomic mass is 32.1. The molecule has 2 rings (SSSR count). The first-order valence-electron chi connectivity index (χ1n) is 5.63. The minimum atomic E-state index is 0.100. The number of hydrogen-bond donors (Lipinski definition) is 2. The number of hydrazine groups is 1. The van der Waals surface area contributed by atoms with Gasteiger partial charge in [0.15, 0.2) is 0 Å². The lowest BCUT2D eigenvalue weighted by atomic mass is 10.1. The molecule has 17 heavy (non-hydrogen) atoms. The summed E-state index contributed by atoms with van der Waals surface area (Å²) in [6.07, 6.45) is 2.34. The Balaban J connectivity index is 2.15. The lowest BCUT2D eigenvalue weighted by Gasteiger charge is -2.13. The molecule has 0 fully saturated rings. The number of hydrogen-bond acceptors (Lipinski definition) is 5. The molecule has 0 amide bonds. The van der Waals surface area contributed by atoms with Gasteiger partial charge in [0.2, 0.25) is 0 Å². The van der Waals surface area contributed by atoms with Crippen LogP contribution in [-0.4, -0.2) is 14.8 Å². The smallest absolute Gasteiger partial charge is 0.138 e. The standard InChI is InChI=1S/C11H17N5S/c1-3-16-11(13-7-14-16)6-9(15-12)10-5-4-8(2)17-10/h4-5,7,9,15H,3,6,12H2,1-2H3. The minimum absolute atomic E-state index is 0.100. The Bertz CT molecular complexity index is 476. The summed E-state index contributed by atoms with van der Waals surface area (Å²) in [6.45, 7) is 4.98. The van der Waals surface area contributed by atoms with Gasteiger partial charge in [-0.3, -0.25) is 16.0 Å². The van der Waals surface area contributed by atoms with E-state index in [1.807, 2.05) is 4.68 Å². The van der Waals surface area contributed by atoms with Gasteiger partial charge in [0.05, 0.1) is 6.04 Å². The third-order valence-corrected chi connectivity index (χ3v) is 3.80. The average molecular weight is 251 g/mol. The van der Waals surface area contributed by atoms with E-state index >= 15 is 0 Å². The van der Waals surface area contributed by atoms with E-state index in [4.69, 9.17) is 5.84 Å². The van der Waals surface area contributed by atoms with Crippen molar-refractivity contribution in [2.24, 2.45) is 5.84 Å². The normalized spacial score (nSPS) is 12.9. The first kappa shape index (κ1) is 12.2. The van der Waals surface area contributed by atoms with Crippen molar-refractivity contribution >= 4 is 11.3 Å². The van der Waals surface area contributed by atoms with Crippen molar-refractivity contribution < 1.29 is 0 Å². The fraction of sp³-hybridized carbons (Fsp3) is 0.455. The molecule has 0 aromatic carbocycles. The van der Waals surface area contributed by atoms with E-state index in [1.165, 1.54) is 9.75 Å². The van der Waals surface area contributed by atoms with Crippen molar-refractivity contribution in [1.29, 1.82) is 0 Å². The van der Waals surface area contributed by atoms with E-state index in [0.29, 0.717) is 0 Å². The Kier molecular flexibility index (Phi) is 3.88. The van der Waals surface area contributed by atoms with E-state index < -0.39 is 0 Å². The maximum atomic E-state index is 5.62. The van der Waals surface area contributed by atoms with Crippen LogP contribution in [0, 0.1) is 6.92 Å². The van der Waals surface area contributed by atoms with E-state index in [2.05, 4.69) is 41.5 Å². The number of thiophene rings is 1. The van der Waals surface area contributed by atoms with Gasteiger partial charge in [-0.15, -0.1) is 11.3 Å². The van der Waals surface area contributed by atoms with Crippen molar-refractivity contribution in [3.05, 3.63) is 34.0 Å². The zero-order chi connectivity index (χ0) is 12.3. The van der Waals surface area contributed by atoms with Gasteiger partial charge in [0.1, 0.15) is 12.2 Å². The van der Waals surface area contributed by atoms with Crippen LogP contribution < -0.4 is 11.3 Å². The second-order valence-electron chi connectivity index (χ2n) is 3.86. The fourth-order valence-electron chi connectivity index (χ4n) is 1.78. The number of aryl methyl sites for hydroxylation is 2. The minimum Gasteiger partial charge on any atom is -0.271 e. The zero-order valence-corrected chi connectivity index (χ0v) is 10.9. The molecule has 3 N–H and O–H groups in total. The van der Waals surface area contributed by atoms with Gasteiger partial charge in [0, 0.05) is 22.7 Å². The maximum absolute atomic E-state index is 5.62. The molecule has 0 saturated heterocycles. The molecule has 92 valence electrons. The Labute approximate surface area is 105 Å². The van der Waals surface area contributed by atoms with Gasteiger partial charge in [0.25, 0.3) is 0 Å². The van der Waals surface area contributed by atoms with Gasteiger partial charge in [-0.25, -0.2) is 4.98 Å². The molecular weight excluding hydrogens is 234 g/mol. The summed E-state index contributed by atoms with van der Waals surface area (Å²) >= 11 is 1.76. The van der Waals surface area contributed by atoms with Gasteiger partial charge in [-0.2, -0.15) is 5.10 Å². The van der Waals surface area contributed by atoms with Crippen LogP contribution in [0.1, 0.15) is 28.5 Å². The maximum Gasteiger partial charge on any atom is 0.138 e. The summed E-state index contributed by atoms with van der Waals surface area (Å²) in [6, 6.07) is 4.31. The van der Waals surface area contributed by atoms with Crippen LogP contribution >= 0.6 is 11.3 Å². The van der Waals surface area contributed by atoms with Crippen LogP contribution in [0.2, 0.25) is 0 Å². The van der Waals surface area contributed by atoms with Gasteiger partial charge in [-0.1, -0.05) is 0 Å². The molecule has 2 heterocycles. The summed E-state index contributed by atoms with van der Waals surface area (Å²) in [7, 11) is 0. The van der Waals surface area contributed by atoms with Crippen molar-refractivity contribution in [3.63, 3.8) is 0 Å². The van der Waals surface area contributed by atoms with Crippen LogP contribution in [0.15, 0.2) is 18.5 Å². The molecule has 1 unspecified atom stereocenters. The molecule has 0 aliphatic heterocycles. The number of nitrogens with zero attached hydrogens (tertiary/aromatic N) is 3. The highest BCUT2D eigenvalue weighted by Gasteiger charge is 2.15. The summed E-state index contributed by atoms with van der Waals surface area (Å²) in [5, 5.41) is 4.16. The lowest BCUT2D eigenvalue weighted by molar-refractivity contribution is 0.516. The molecule has 1 atom stereocenters. The molecule has 0 bridgehead atoms. The Morgan fingerprint density at radius 1 is 1.53 bits per heavy atom. The summed E-state index contributed by atoms with van der Waals surface area (Å²) in [4.78, 5) is 6.79. The average Bonchev–Trinajstić information content (AvgIpc) is 2.94. The lowest BCUT2D eigenvalue weighted by Crippen LogP contribution is -2.29. The molecule has 0 aliphatic rings. The SMILES string of the molecule is CCn1ncnc1CC(NN)c1ccc(C)s1. The number of rotatable bonds is 5. The number of aromatic nitrogens is 3. The molecular formula is C11H17N5S. The van der Waals surface area contributed by atoms with Crippen LogP contribution in [-0.2, 0) is 13.0 Å². The predicted octanol–water partition coefficient (Wildman–Crippen LogP) is 1.42. The van der Waals surface area contributed by atoms with Gasteiger partial charge < -0.3 is 0 Å². The monoisotopic (exact) mass is 251 g/mol. The predicted molar refractivity (Wildman–Crippen MR) is 68.5 cm³/mol. The van der Waals surface area contributed by atoms with Gasteiger partial charge >= 0.3 is 0 Å². The molecule has 6 heteroatoms. The third kappa shape index (κ3) is 2.71. The molecule has 0 spiro atoms. The topological polar surface area (TPSA) is 68.8 Å². The van der Waals surface area contributed by atoms with E-state index in [1.54, 1.807) is 17.7 Å². The van der Waals surface area contributed by atoms with E-state index in [-0.39, 0.29) is 6.04 Å². The molecule has 0 radical (unpaired) electrons. The first-order valence-corrected chi connectivity index (χ1v) is 6.45. The largest absolute Gasteiger partial charge is 0.271 e. The molecule has 2 aromatic rings. The summed E-state index contributed by atoms with van der Waals surface area (Å²) in [5.41, 5.74) is 2.85. The summed E-state index contributed by atoms with van der Waals surface area (Å²) in [5.74, 6) is 6.58. The number of nitrogens with two attached hydrogens (primary N) is 1. The molecule has 0 aliphatic carbocycles. The molecule has 5 nitrogen and oxygen atoms in total. The van der Waals surface area contributed by atoms with E-state index in [0.717, 1.165) is 18.8 Å². The highest BCUT2D eigenvalue weighted by molar-refractivity contribution is 7.12. The van der Waals surface area contributed by atoms with Crippen molar-refractivity contribution in [2.45, 2.75) is 32.9 Å². The number of nitrogens with one attached hydrogen (secondary N) is 1.